The number of hydroxylamine groups is 1. The molecule has 1 heterocycles. The van der Waals surface area contributed by atoms with Gasteiger partial charge in [-0.25, -0.2) is 5.48 Å². The fourth-order valence-electron chi connectivity index (χ4n) is 2.54. The normalized spacial score (nSPS) is 16.6. The van der Waals surface area contributed by atoms with E-state index in [2.05, 4.69) is 28.6 Å². The molecule has 0 radical (unpaired) electrons. The molecule has 2 aromatic carbocycles. The van der Waals surface area contributed by atoms with Crippen molar-refractivity contribution in [3.05, 3.63) is 60.2 Å². The lowest BCUT2D eigenvalue weighted by Gasteiger charge is -2.25. The molecular formula is C16H16N2O2S. The minimum atomic E-state index is -0.350. The number of benzene rings is 2. The Bertz CT molecular complexity index is 633. The molecule has 21 heavy (non-hydrogen) atoms. The van der Waals surface area contributed by atoms with Crippen molar-refractivity contribution in [3.8, 4) is 0 Å². The molecule has 0 aromatic heterocycles. The van der Waals surface area contributed by atoms with E-state index >= 15 is 0 Å². The smallest absolute Gasteiger partial charge is 0.243 e. The average molecular weight is 300 g/mol. The van der Waals surface area contributed by atoms with Crippen LogP contribution in [0.1, 0.15) is 24.4 Å². The van der Waals surface area contributed by atoms with Gasteiger partial charge in [0.05, 0.1) is 6.04 Å². The Morgan fingerprint density at radius 1 is 1.14 bits per heavy atom. The molecule has 1 aliphatic heterocycles. The summed E-state index contributed by atoms with van der Waals surface area (Å²) in [6.45, 7) is 0. The molecule has 4 nitrogen and oxygen atoms in total. The third kappa shape index (κ3) is 2.89. The number of carbonyl (C=O) groups excluding carboxylic acids is 1. The first-order chi connectivity index (χ1) is 10.3. The topological polar surface area (TPSA) is 52.6 Å². The van der Waals surface area contributed by atoms with Crippen LogP contribution in [0.2, 0.25) is 0 Å². The highest BCUT2D eigenvalue weighted by Gasteiger charge is 2.31. The maximum atomic E-state index is 11.3. The second kappa shape index (κ2) is 6.20. The molecule has 1 amide bonds. The summed E-state index contributed by atoms with van der Waals surface area (Å²) >= 11 is 1.70. The largest absolute Gasteiger partial charge is 0.305 e. The molecule has 0 saturated heterocycles. The first-order valence-electron chi connectivity index (χ1n) is 6.83. The number of hydrogen-bond acceptors (Lipinski definition) is 4. The minimum Gasteiger partial charge on any atom is -0.305 e. The molecule has 1 aliphatic rings. The van der Waals surface area contributed by atoms with Crippen LogP contribution < -0.4 is 9.79 Å². The summed E-state index contributed by atoms with van der Waals surface area (Å²) in [5.41, 5.74) is 4.06. The van der Waals surface area contributed by atoms with Crippen LogP contribution in [0.15, 0.2) is 59.5 Å². The van der Waals surface area contributed by atoms with Gasteiger partial charge in [0.2, 0.25) is 5.91 Å². The number of anilines is 1. The Morgan fingerprint density at radius 2 is 1.86 bits per heavy atom. The van der Waals surface area contributed by atoms with Crippen LogP contribution in [0, 0.1) is 0 Å². The highest BCUT2D eigenvalue weighted by atomic mass is 32.2. The van der Waals surface area contributed by atoms with E-state index in [9.17, 15) is 4.79 Å². The number of nitrogens with zero attached hydrogens (tertiary/aromatic N) is 1. The van der Waals surface area contributed by atoms with Gasteiger partial charge in [0.1, 0.15) is 0 Å². The second-order valence-electron chi connectivity index (χ2n) is 4.88. The molecule has 0 bridgehead atoms. The molecule has 0 saturated carbocycles. The van der Waals surface area contributed by atoms with Crippen molar-refractivity contribution in [2.24, 2.45) is 0 Å². The molecular weight excluding hydrogens is 284 g/mol. The van der Waals surface area contributed by atoms with Crippen LogP contribution in [-0.4, -0.2) is 11.1 Å². The quantitative estimate of drug-likeness (QED) is 0.515. The lowest BCUT2D eigenvalue weighted by molar-refractivity contribution is -0.129. The summed E-state index contributed by atoms with van der Waals surface area (Å²) < 4.78 is 2.23. The fraction of sp³-hybridized carbons (Fsp3) is 0.188. The number of amides is 1. The number of rotatable bonds is 4. The van der Waals surface area contributed by atoms with Crippen molar-refractivity contribution in [1.29, 1.82) is 0 Å². The zero-order valence-corrected chi connectivity index (χ0v) is 12.2. The number of fused-ring (bicyclic) bond motifs is 1. The van der Waals surface area contributed by atoms with Gasteiger partial charge in [-0.2, -0.15) is 0 Å². The van der Waals surface area contributed by atoms with Crippen molar-refractivity contribution in [2.75, 3.05) is 4.31 Å². The summed E-state index contributed by atoms with van der Waals surface area (Å²) in [4.78, 5) is 12.6. The third-order valence-corrected chi connectivity index (χ3v) is 4.77. The van der Waals surface area contributed by atoms with Crippen molar-refractivity contribution < 1.29 is 10.0 Å². The molecule has 5 heteroatoms. The predicted molar refractivity (Wildman–Crippen MR) is 83.1 cm³/mol. The lowest BCUT2D eigenvalue weighted by atomic mass is 10.0. The van der Waals surface area contributed by atoms with E-state index in [1.807, 2.05) is 30.3 Å². The zero-order valence-electron chi connectivity index (χ0n) is 11.4. The van der Waals surface area contributed by atoms with Crippen LogP contribution in [0.5, 0.6) is 0 Å². The highest BCUT2D eigenvalue weighted by Crippen LogP contribution is 2.48. The van der Waals surface area contributed by atoms with Gasteiger partial charge in [-0.1, -0.05) is 36.4 Å². The van der Waals surface area contributed by atoms with Crippen LogP contribution >= 0.6 is 11.9 Å². The van der Waals surface area contributed by atoms with Crippen molar-refractivity contribution in [2.45, 2.75) is 23.8 Å². The van der Waals surface area contributed by atoms with Crippen LogP contribution in [-0.2, 0) is 4.79 Å². The number of nitrogens with one attached hydrogen (secondary N) is 1. The molecule has 3 rings (SSSR count). The summed E-state index contributed by atoms with van der Waals surface area (Å²) in [5, 5.41) is 8.67. The van der Waals surface area contributed by atoms with Gasteiger partial charge in [0.15, 0.2) is 0 Å². The Labute approximate surface area is 127 Å². The number of para-hydroxylation sites is 1. The van der Waals surface area contributed by atoms with Gasteiger partial charge in [0.25, 0.3) is 0 Å². The Morgan fingerprint density at radius 3 is 2.62 bits per heavy atom. The number of carbonyl (C=O) groups is 1. The summed E-state index contributed by atoms with van der Waals surface area (Å²) in [6.07, 6.45) is 0.949. The first kappa shape index (κ1) is 14.0. The van der Waals surface area contributed by atoms with Crippen LogP contribution in [0.3, 0.4) is 0 Å². The van der Waals surface area contributed by atoms with E-state index in [0.29, 0.717) is 12.8 Å². The van der Waals surface area contributed by atoms with Gasteiger partial charge in [0, 0.05) is 17.0 Å². The maximum Gasteiger partial charge on any atom is 0.243 e. The fourth-order valence-corrected chi connectivity index (χ4v) is 3.77. The van der Waals surface area contributed by atoms with Gasteiger partial charge in [-0.05, 0) is 42.1 Å². The SMILES string of the molecule is O=C(CCC1c2ccccc2SN1c1ccccc1)NO. The van der Waals surface area contributed by atoms with Crippen molar-refractivity contribution in [1.82, 2.24) is 5.48 Å². The predicted octanol–water partition coefficient (Wildman–Crippen LogP) is 3.54. The van der Waals surface area contributed by atoms with E-state index in [1.165, 1.54) is 10.5 Å². The van der Waals surface area contributed by atoms with E-state index in [4.69, 9.17) is 5.21 Å². The van der Waals surface area contributed by atoms with E-state index in [-0.39, 0.29) is 11.9 Å². The second-order valence-corrected chi connectivity index (χ2v) is 5.90. The van der Waals surface area contributed by atoms with Gasteiger partial charge in [-0.15, -0.1) is 0 Å². The Kier molecular flexibility index (Phi) is 4.13. The van der Waals surface area contributed by atoms with Gasteiger partial charge in [-0.3, -0.25) is 10.0 Å². The minimum absolute atomic E-state index is 0.130. The molecule has 2 aromatic rings. The number of hydrogen-bond donors (Lipinski definition) is 2. The van der Waals surface area contributed by atoms with E-state index in [0.717, 1.165) is 5.69 Å². The third-order valence-electron chi connectivity index (χ3n) is 3.54. The summed E-state index contributed by atoms with van der Waals surface area (Å²) in [6, 6.07) is 18.5. The summed E-state index contributed by atoms with van der Waals surface area (Å²) in [5.74, 6) is -0.350. The van der Waals surface area contributed by atoms with Crippen LogP contribution in [0.4, 0.5) is 5.69 Å². The molecule has 1 unspecified atom stereocenters. The van der Waals surface area contributed by atoms with Crippen molar-refractivity contribution in [3.63, 3.8) is 0 Å². The molecule has 2 N–H and O–H groups in total. The zero-order chi connectivity index (χ0) is 14.7. The monoisotopic (exact) mass is 300 g/mol. The van der Waals surface area contributed by atoms with E-state index < -0.39 is 0 Å². The van der Waals surface area contributed by atoms with Crippen molar-refractivity contribution >= 4 is 23.5 Å². The van der Waals surface area contributed by atoms with Gasteiger partial charge < -0.3 is 4.31 Å². The molecule has 0 fully saturated rings. The molecule has 0 spiro atoms. The molecule has 0 aliphatic carbocycles. The Hall–Kier alpha value is -1.98. The summed E-state index contributed by atoms with van der Waals surface area (Å²) in [7, 11) is 0. The average Bonchev–Trinajstić information content (AvgIpc) is 2.92. The molecule has 1 atom stereocenters. The highest BCUT2D eigenvalue weighted by molar-refractivity contribution is 8.01. The maximum absolute atomic E-state index is 11.3. The standard InChI is InChI=1S/C16H16N2O2S/c19-16(17-20)11-10-14-13-8-4-5-9-15(13)21-18(14)12-6-2-1-3-7-12/h1-9,14,20H,10-11H2,(H,17,19). The lowest BCUT2D eigenvalue weighted by Crippen LogP contribution is -2.22. The molecule has 108 valence electrons. The van der Waals surface area contributed by atoms with E-state index in [1.54, 1.807) is 17.4 Å². The Balaban J connectivity index is 1.88. The van der Waals surface area contributed by atoms with Gasteiger partial charge >= 0.3 is 0 Å². The van der Waals surface area contributed by atoms with Crippen LogP contribution in [0.25, 0.3) is 0 Å². The first-order valence-corrected chi connectivity index (χ1v) is 7.61.